The lowest BCUT2D eigenvalue weighted by molar-refractivity contribution is 0.590. The molecule has 0 heterocycles. The van der Waals surface area contributed by atoms with Crippen LogP contribution in [-0.2, 0) is 10.8 Å². The maximum atomic E-state index is 2.46. The molecule has 0 aromatic heterocycles. The van der Waals surface area contributed by atoms with Crippen LogP contribution in [0.3, 0.4) is 0 Å². The summed E-state index contributed by atoms with van der Waals surface area (Å²) in [6.45, 7) is 17.7. The standard InChI is InChI=1S/C62H56N2.C2H6/c1-43-25-33-49(34-26-43)63(51-37-29-47(30-38-51)61(3,4)45-17-9-7-10-18-45)59-41-57-54-22-14-16-24-56(54)60(42-58(57)53-21-13-15-23-55(53)59)64(50-35-27-44(2)28-36-50)52-39-31-48(32-40-52)62(5,6)46-19-11-8-12-20-46;1-2/h7-11,13-19,21-42H,12,20H2,1-6H3;1-2H3. The fourth-order valence-electron chi connectivity index (χ4n) is 9.91. The molecular weight excluding hydrogens is 797 g/mol. The molecule has 2 heteroatoms. The summed E-state index contributed by atoms with van der Waals surface area (Å²) < 4.78 is 0. The van der Waals surface area contributed by atoms with Gasteiger partial charge < -0.3 is 9.80 Å². The highest BCUT2D eigenvalue weighted by Crippen LogP contribution is 2.48. The molecule has 1 aliphatic rings. The van der Waals surface area contributed by atoms with E-state index in [4.69, 9.17) is 0 Å². The van der Waals surface area contributed by atoms with Gasteiger partial charge in [0.2, 0.25) is 0 Å². The number of fused-ring (bicyclic) bond motifs is 5. The number of nitrogens with zero attached hydrogens (tertiary/aromatic N) is 2. The van der Waals surface area contributed by atoms with Crippen molar-refractivity contribution in [3.8, 4) is 0 Å². The molecule has 0 unspecified atom stereocenters. The predicted octanol–water partition coefficient (Wildman–Crippen LogP) is 18.6. The molecular formula is C64H62N2. The predicted molar refractivity (Wildman–Crippen MR) is 287 cm³/mol. The summed E-state index contributed by atoms with van der Waals surface area (Å²) in [4.78, 5) is 4.91. The summed E-state index contributed by atoms with van der Waals surface area (Å²) in [5.41, 5.74) is 14.5. The van der Waals surface area contributed by atoms with Crippen molar-refractivity contribution in [2.45, 2.75) is 79.1 Å². The fraction of sp³-hybridized carbons (Fsp3) is 0.188. The average Bonchev–Trinajstić information content (AvgIpc) is 3.37. The van der Waals surface area contributed by atoms with Gasteiger partial charge in [0.25, 0.3) is 0 Å². The summed E-state index contributed by atoms with van der Waals surface area (Å²) in [6, 6.07) is 70.1. The minimum absolute atomic E-state index is 0.0580. The largest absolute Gasteiger partial charge is 0.310 e. The first-order chi connectivity index (χ1) is 32.1. The van der Waals surface area contributed by atoms with Gasteiger partial charge in [-0.1, -0.05) is 204 Å². The second kappa shape index (κ2) is 18.4. The molecule has 9 aromatic carbocycles. The minimum Gasteiger partial charge on any atom is -0.310 e. The summed E-state index contributed by atoms with van der Waals surface area (Å²) >= 11 is 0. The zero-order chi connectivity index (χ0) is 46.0. The van der Waals surface area contributed by atoms with Crippen molar-refractivity contribution in [1.29, 1.82) is 0 Å². The van der Waals surface area contributed by atoms with E-state index < -0.39 is 0 Å². The van der Waals surface area contributed by atoms with E-state index >= 15 is 0 Å². The molecule has 66 heavy (non-hydrogen) atoms. The molecule has 0 saturated carbocycles. The van der Waals surface area contributed by atoms with Crippen LogP contribution in [-0.4, -0.2) is 0 Å². The average molecular weight is 859 g/mol. The number of hydrogen-bond acceptors (Lipinski definition) is 2. The van der Waals surface area contributed by atoms with E-state index in [0.717, 1.165) is 47.0 Å². The maximum Gasteiger partial charge on any atom is 0.0546 e. The van der Waals surface area contributed by atoms with E-state index in [-0.39, 0.29) is 10.8 Å². The van der Waals surface area contributed by atoms with Crippen LogP contribution in [0.5, 0.6) is 0 Å². The lowest BCUT2D eigenvalue weighted by atomic mass is 9.75. The van der Waals surface area contributed by atoms with E-state index in [9.17, 15) is 0 Å². The van der Waals surface area contributed by atoms with Crippen LogP contribution in [0.4, 0.5) is 34.1 Å². The highest BCUT2D eigenvalue weighted by Gasteiger charge is 2.28. The number of rotatable bonds is 10. The van der Waals surface area contributed by atoms with Crippen LogP contribution in [0, 0.1) is 13.8 Å². The Balaban J connectivity index is 0.00000270. The van der Waals surface area contributed by atoms with Crippen LogP contribution >= 0.6 is 0 Å². The molecule has 0 atom stereocenters. The summed E-state index contributed by atoms with van der Waals surface area (Å²) in [7, 11) is 0. The second-order valence-corrected chi connectivity index (χ2v) is 18.7. The Morgan fingerprint density at radius 2 is 0.742 bits per heavy atom. The van der Waals surface area contributed by atoms with Crippen molar-refractivity contribution < 1.29 is 0 Å². The van der Waals surface area contributed by atoms with Crippen molar-refractivity contribution in [1.82, 2.24) is 0 Å². The van der Waals surface area contributed by atoms with E-state index in [1.54, 1.807) is 0 Å². The lowest BCUT2D eigenvalue weighted by Gasteiger charge is -2.32. The third-order valence-electron chi connectivity index (χ3n) is 13.9. The monoisotopic (exact) mass is 858 g/mol. The molecule has 0 fully saturated rings. The first-order valence-electron chi connectivity index (χ1n) is 23.8. The van der Waals surface area contributed by atoms with Gasteiger partial charge in [-0.05, 0) is 126 Å². The summed E-state index contributed by atoms with van der Waals surface area (Å²) in [5, 5.41) is 7.29. The quantitative estimate of drug-likeness (QED) is 0.126. The number of benzene rings is 9. The first-order valence-corrected chi connectivity index (χ1v) is 23.8. The van der Waals surface area contributed by atoms with Crippen LogP contribution in [0.1, 0.15) is 82.2 Å². The van der Waals surface area contributed by atoms with Crippen LogP contribution in [0.25, 0.3) is 32.3 Å². The molecule has 9 aromatic rings. The van der Waals surface area contributed by atoms with Gasteiger partial charge in [0.15, 0.2) is 0 Å². The molecule has 328 valence electrons. The Morgan fingerprint density at radius 1 is 0.379 bits per heavy atom. The van der Waals surface area contributed by atoms with Crippen LogP contribution in [0.15, 0.2) is 212 Å². The van der Waals surface area contributed by atoms with Gasteiger partial charge in [0.05, 0.1) is 11.4 Å². The Hall–Kier alpha value is -7.16. The van der Waals surface area contributed by atoms with Crippen LogP contribution < -0.4 is 9.80 Å². The topological polar surface area (TPSA) is 6.48 Å². The van der Waals surface area contributed by atoms with Crippen molar-refractivity contribution in [2.24, 2.45) is 0 Å². The van der Waals surface area contributed by atoms with Gasteiger partial charge in [-0.2, -0.15) is 0 Å². The fourth-order valence-corrected chi connectivity index (χ4v) is 9.91. The molecule has 0 spiro atoms. The summed E-state index contributed by atoms with van der Waals surface area (Å²) in [6.07, 6.45) is 9.01. The van der Waals surface area contributed by atoms with Crippen molar-refractivity contribution in [3.05, 3.63) is 240 Å². The first kappa shape index (κ1) is 44.1. The third kappa shape index (κ3) is 8.22. The molecule has 0 amide bonds. The number of anilines is 6. The minimum atomic E-state index is -0.142. The third-order valence-corrected chi connectivity index (χ3v) is 13.9. The zero-order valence-corrected chi connectivity index (χ0v) is 39.9. The summed E-state index contributed by atoms with van der Waals surface area (Å²) in [5.74, 6) is 0. The maximum absolute atomic E-state index is 2.46. The number of aryl methyl sites for hydroxylation is 2. The van der Waals surface area contributed by atoms with Gasteiger partial charge in [0.1, 0.15) is 0 Å². The smallest absolute Gasteiger partial charge is 0.0546 e. The molecule has 1 aliphatic carbocycles. The highest BCUT2D eigenvalue weighted by molar-refractivity contribution is 6.24. The van der Waals surface area contributed by atoms with Crippen molar-refractivity contribution in [2.75, 3.05) is 9.80 Å². The van der Waals surface area contributed by atoms with Crippen LogP contribution in [0.2, 0.25) is 0 Å². The van der Waals surface area contributed by atoms with E-state index in [0.29, 0.717) is 0 Å². The molecule has 0 bridgehead atoms. The Kier molecular flexibility index (Phi) is 12.3. The SMILES string of the molecule is CC.Cc1ccc(N(c2ccc(C(C)(C)C3=CC=CCC3)cc2)c2cc3c4ccccc4c(N(c4ccc(C)cc4)c4ccc(C(C)(C)c5ccccc5)cc4)cc3c3ccccc23)cc1. The molecule has 2 nitrogen and oxygen atoms in total. The normalized spacial score (nSPS) is 12.8. The van der Waals surface area contributed by atoms with Gasteiger partial charge in [-0.15, -0.1) is 0 Å². The molecule has 0 N–H and O–H groups in total. The van der Waals surface area contributed by atoms with Gasteiger partial charge in [-0.25, -0.2) is 0 Å². The van der Waals surface area contributed by atoms with Crippen molar-refractivity contribution >= 4 is 66.4 Å². The van der Waals surface area contributed by atoms with Gasteiger partial charge >= 0.3 is 0 Å². The van der Waals surface area contributed by atoms with E-state index in [1.165, 1.54) is 65.7 Å². The Morgan fingerprint density at radius 3 is 1.15 bits per heavy atom. The zero-order valence-electron chi connectivity index (χ0n) is 39.9. The highest BCUT2D eigenvalue weighted by atomic mass is 15.2. The van der Waals surface area contributed by atoms with Crippen molar-refractivity contribution in [3.63, 3.8) is 0 Å². The molecule has 0 saturated heterocycles. The number of allylic oxidation sites excluding steroid dienone is 4. The van der Waals surface area contributed by atoms with Gasteiger partial charge in [0, 0.05) is 44.4 Å². The van der Waals surface area contributed by atoms with E-state index in [1.807, 2.05) is 13.8 Å². The second-order valence-electron chi connectivity index (χ2n) is 18.7. The molecule has 0 radical (unpaired) electrons. The van der Waals surface area contributed by atoms with E-state index in [2.05, 4.69) is 258 Å². The number of hydrogen-bond donors (Lipinski definition) is 0. The molecule has 0 aliphatic heterocycles. The Bertz CT molecular complexity index is 3190. The molecule has 10 rings (SSSR count). The lowest BCUT2D eigenvalue weighted by Crippen LogP contribution is -2.21. The van der Waals surface area contributed by atoms with Gasteiger partial charge in [-0.3, -0.25) is 0 Å². The Labute approximate surface area is 393 Å².